The van der Waals surface area contributed by atoms with Gasteiger partial charge in [-0.05, 0) is 18.9 Å². The summed E-state index contributed by atoms with van der Waals surface area (Å²) >= 11 is 0. The first-order chi connectivity index (χ1) is 9.21. The minimum absolute atomic E-state index is 0.122. The molecule has 20 heavy (non-hydrogen) atoms. The number of methoxy groups -OCH3 is 1. The highest BCUT2D eigenvalue weighted by atomic mass is 16.5. The molecule has 1 heterocycles. The topological polar surface area (TPSA) is 93.5 Å². The third-order valence-corrected chi connectivity index (χ3v) is 3.02. The number of aromatic nitrogens is 2. The number of carboxylic acids is 1. The Morgan fingerprint density at radius 3 is 2.55 bits per heavy atom. The first-order valence-electron chi connectivity index (χ1n) is 6.30. The minimum Gasteiger partial charge on any atom is -0.479 e. The van der Waals surface area contributed by atoms with Gasteiger partial charge in [-0.1, -0.05) is 13.8 Å². The van der Waals surface area contributed by atoms with Crippen molar-refractivity contribution in [2.45, 2.75) is 32.2 Å². The molecule has 0 radical (unpaired) electrons. The third kappa shape index (κ3) is 3.36. The summed E-state index contributed by atoms with van der Waals surface area (Å²) in [6, 6.07) is 1.66. The zero-order chi connectivity index (χ0) is 15.5. The Labute approximate surface area is 117 Å². The summed E-state index contributed by atoms with van der Waals surface area (Å²) in [4.78, 5) is 23.5. The molecule has 1 rings (SSSR count). The SMILES string of the molecule is COCC(C)(NC(=O)c1cc(C(C)C)nn1C)C(=O)O. The molecule has 0 fully saturated rings. The van der Waals surface area contributed by atoms with Gasteiger partial charge in [-0.25, -0.2) is 4.79 Å². The second-order valence-electron chi connectivity index (χ2n) is 5.26. The van der Waals surface area contributed by atoms with Crippen LogP contribution in [0.25, 0.3) is 0 Å². The van der Waals surface area contributed by atoms with Gasteiger partial charge < -0.3 is 15.2 Å². The lowest BCUT2D eigenvalue weighted by Gasteiger charge is -2.25. The van der Waals surface area contributed by atoms with E-state index in [2.05, 4.69) is 10.4 Å². The number of hydrogen-bond acceptors (Lipinski definition) is 4. The number of carboxylic acid groups (broad SMARTS) is 1. The number of rotatable bonds is 6. The van der Waals surface area contributed by atoms with Gasteiger partial charge in [-0.2, -0.15) is 5.10 Å². The van der Waals surface area contributed by atoms with Crippen LogP contribution in [0.5, 0.6) is 0 Å². The Kier molecular flexibility index (Phi) is 4.88. The number of ether oxygens (including phenoxy) is 1. The van der Waals surface area contributed by atoms with Gasteiger partial charge in [0.15, 0.2) is 5.54 Å². The van der Waals surface area contributed by atoms with Crippen LogP contribution < -0.4 is 5.32 Å². The van der Waals surface area contributed by atoms with Crippen molar-refractivity contribution in [3.05, 3.63) is 17.5 Å². The maximum Gasteiger partial charge on any atom is 0.331 e. The molecule has 7 heteroatoms. The number of nitrogens with zero attached hydrogens (tertiary/aromatic N) is 2. The zero-order valence-electron chi connectivity index (χ0n) is 12.4. The van der Waals surface area contributed by atoms with Gasteiger partial charge in [0.2, 0.25) is 0 Å². The van der Waals surface area contributed by atoms with Crippen molar-refractivity contribution in [2.75, 3.05) is 13.7 Å². The van der Waals surface area contributed by atoms with Gasteiger partial charge in [-0.15, -0.1) is 0 Å². The molecule has 112 valence electrons. The van der Waals surface area contributed by atoms with Crippen molar-refractivity contribution in [1.29, 1.82) is 0 Å². The number of hydrogen-bond donors (Lipinski definition) is 2. The molecule has 0 saturated heterocycles. The monoisotopic (exact) mass is 283 g/mol. The second kappa shape index (κ2) is 6.04. The summed E-state index contributed by atoms with van der Waals surface area (Å²) < 4.78 is 6.30. The molecule has 0 aromatic carbocycles. The largest absolute Gasteiger partial charge is 0.479 e. The minimum atomic E-state index is -1.48. The van der Waals surface area contributed by atoms with E-state index in [0.29, 0.717) is 5.69 Å². The van der Waals surface area contributed by atoms with E-state index >= 15 is 0 Å². The van der Waals surface area contributed by atoms with Crippen LogP contribution in [0.2, 0.25) is 0 Å². The van der Waals surface area contributed by atoms with Crippen LogP contribution >= 0.6 is 0 Å². The van der Waals surface area contributed by atoms with E-state index in [4.69, 9.17) is 4.74 Å². The third-order valence-electron chi connectivity index (χ3n) is 3.02. The molecule has 1 atom stereocenters. The van der Waals surface area contributed by atoms with Gasteiger partial charge in [-0.3, -0.25) is 9.48 Å². The fraction of sp³-hybridized carbons (Fsp3) is 0.615. The highest BCUT2D eigenvalue weighted by molar-refractivity contribution is 5.96. The lowest BCUT2D eigenvalue weighted by molar-refractivity contribution is -0.145. The molecular weight excluding hydrogens is 262 g/mol. The van der Waals surface area contributed by atoms with E-state index in [9.17, 15) is 14.7 Å². The molecule has 0 aliphatic carbocycles. The second-order valence-corrected chi connectivity index (χ2v) is 5.26. The summed E-state index contributed by atoms with van der Waals surface area (Å²) in [5, 5.41) is 15.9. The predicted molar refractivity (Wildman–Crippen MR) is 72.7 cm³/mol. The number of nitrogens with one attached hydrogen (secondary N) is 1. The van der Waals surface area contributed by atoms with Crippen molar-refractivity contribution in [3.8, 4) is 0 Å². The smallest absolute Gasteiger partial charge is 0.331 e. The quantitative estimate of drug-likeness (QED) is 0.804. The zero-order valence-corrected chi connectivity index (χ0v) is 12.4. The van der Waals surface area contributed by atoms with Crippen molar-refractivity contribution < 1.29 is 19.4 Å². The number of aryl methyl sites for hydroxylation is 1. The predicted octanol–water partition coefficient (Wildman–Crippen LogP) is 0.763. The van der Waals surface area contributed by atoms with Crippen LogP contribution in [0.3, 0.4) is 0 Å². The molecule has 2 N–H and O–H groups in total. The van der Waals surface area contributed by atoms with Gasteiger partial charge >= 0.3 is 5.97 Å². The molecule has 0 saturated carbocycles. The normalized spacial score (nSPS) is 14.1. The van der Waals surface area contributed by atoms with E-state index in [0.717, 1.165) is 5.69 Å². The summed E-state index contributed by atoms with van der Waals surface area (Å²) in [5.41, 5.74) is -0.382. The van der Waals surface area contributed by atoms with Gasteiger partial charge in [0, 0.05) is 14.2 Å². The molecule has 0 spiro atoms. The highest BCUT2D eigenvalue weighted by Gasteiger charge is 2.36. The molecule has 1 unspecified atom stereocenters. The Morgan fingerprint density at radius 2 is 2.15 bits per heavy atom. The van der Waals surface area contributed by atoms with E-state index in [1.54, 1.807) is 13.1 Å². The summed E-state index contributed by atoms with van der Waals surface area (Å²) in [5.74, 6) is -1.46. The Balaban J connectivity index is 2.98. The van der Waals surface area contributed by atoms with Crippen molar-refractivity contribution in [1.82, 2.24) is 15.1 Å². The van der Waals surface area contributed by atoms with Crippen molar-refractivity contribution in [2.24, 2.45) is 7.05 Å². The number of aliphatic carboxylic acids is 1. The van der Waals surface area contributed by atoms with E-state index in [1.807, 2.05) is 13.8 Å². The van der Waals surface area contributed by atoms with Gasteiger partial charge in [0.25, 0.3) is 5.91 Å². The molecule has 1 aromatic heterocycles. The van der Waals surface area contributed by atoms with Crippen LogP contribution in [0.4, 0.5) is 0 Å². The Morgan fingerprint density at radius 1 is 1.55 bits per heavy atom. The van der Waals surface area contributed by atoms with Crippen molar-refractivity contribution in [3.63, 3.8) is 0 Å². The van der Waals surface area contributed by atoms with Crippen LogP contribution in [0.1, 0.15) is 42.9 Å². The lowest BCUT2D eigenvalue weighted by atomic mass is 10.0. The number of amides is 1. The van der Waals surface area contributed by atoms with E-state index < -0.39 is 17.4 Å². The Hall–Kier alpha value is -1.89. The average molecular weight is 283 g/mol. The Bertz CT molecular complexity index is 510. The standard InChI is InChI=1S/C13H21N3O4/c1-8(2)9-6-10(16(4)15-9)11(17)14-13(3,7-20-5)12(18)19/h6,8H,7H2,1-5H3,(H,14,17)(H,18,19). The molecule has 1 aromatic rings. The fourth-order valence-corrected chi connectivity index (χ4v) is 1.74. The average Bonchev–Trinajstić information content (AvgIpc) is 2.71. The lowest BCUT2D eigenvalue weighted by Crippen LogP contribution is -2.55. The maximum atomic E-state index is 12.2. The molecule has 0 bridgehead atoms. The molecule has 0 aliphatic rings. The summed E-state index contributed by atoms with van der Waals surface area (Å²) in [6.07, 6.45) is 0. The van der Waals surface area contributed by atoms with E-state index in [1.165, 1.54) is 18.7 Å². The summed E-state index contributed by atoms with van der Waals surface area (Å²) in [7, 11) is 3.03. The van der Waals surface area contributed by atoms with E-state index in [-0.39, 0.29) is 12.5 Å². The fourth-order valence-electron chi connectivity index (χ4n) is 1.74. The molecule has 0 aliphatic heterocycles. The van der Waals surface area contributed by atoms with Gasteiger partial charge in [0.05, 0.1) is 12.3 Å². The van der Waals surface area contributed by atoms with Crippen molar-refractivity contribution >= 4 is 11.9 Å². The molecular formula is C13H21N3O4. The number of carbonyl (C=O) groups excluding carboxylic acids is 1. The molecule has 7 nitrogen and oxygen atoms in total. The molecule has 1 amide bonds. The van der Waals surface area contributed by atoms with Crippen LogP contribution in [0, 0.1) is 0 Å². The first kappa shape index (κ1) is 16.2. The summed E-state index contributed by atoms with van der Waals surface area (Å²) in [6.45, 7) is 5.21. The maximum absolute atomic E-state index is 12.2. The van der Waals surface area contributed by atoms with Gasteiger partial charge in [0.1, 0.15) is 5.69 Å². The van der Waals surface area contributed by atoms with Crippen LogP contribution in [-0.4, -0.2) is 46.0 Å². The van der Waals surface area contributed by atoms with Crippen LogP contribution in [0.15, 0.2) is 6.07 Å². The van der Waals surface area contributed by atoms with Crippen LogP contribution in [-0.2, 0) is 16.6 Å². The first-order valence-corrected chi connectivity index (χ1v) is 6.30. The highest BCUT2D eigenvalue weighted by Crippen LogP contribution is 2.15. The number of carbonyl (C=O) groups is 2.